The molecule has 2 N–H and O–H groups in total. The van der Waals surface area contributed by atoms with Gasteiger partial charge in [0.05, 0.1) is 18.6 Å². The molecule has 2 atom stereocenters. The highest BCUT2D eigenvalue weighted by molar-refractivity contribution is 5.76. The van der Waals surface area contributed by atoms with E-state index in [1.54, 1.807) is 0 Å². The maximum absolute atomic E-state index is 11.9. The first-order valence-electron chi connectivity index (χ1n) is 7.14. The molecule has 0 amide bonds. The Labute approximate surface area is 118 Å². The normalized spacial score (nSPS) is 26.4. The summed E-state index contributed by atoms with van der Waals surface area (Å²) in [5, 5.41) is 0. The fraction of sp³-hybridized carbons (Fsp3) is 0.692. The molecule has 1 aromatic heterocycles. The van der Waals surface area contributed by atoms with Crippen LogP contribution in [0.25, 0.3) is 0 Å². The average Bonchev–Trinajstić information content (AvgIpc) is 3.07. The van der Waals surface area contributed by atoms with E-state index in [0.29, 0.717) is 6.61 Å². The number of aromatic nitrogens is 2. The summed E-state index contributed by atoms with van der Waals surface area (Å²) in [7, 11) is 0. The van der Waals surface area contributed by atoms with E-state index < -0.39 is 0 Å². The van der Waals surface area contributed by atoms with Gasteiger partial charge in [0, 0.05) is 44.8 Å². The monoisotopic (exact) mass is 279 g/mol. The van der Waals surface area contributed by atoms with E-state index in [9.17, 15) is 4.79 Å². The van der Waals surface area contributed by atoms with Crippen LogP contribution in [0.3, 0.4) is 0 Å². The van der Waals surface area contributed by atoms with Crippen LogP contribution in [-0.4, -0.2) is 52.7 Å². The third kappa shape index (κ3) is 2.70. The number of nitrogens with zero attached hydrogens (tertiary/aromatic N) is 3. The summed E-state index contributed by atoms with van der Waals surface area (Å²) >= 11 is 0. The molecule has 7 heteroatoms. The van der Waals surface area contributed by atoms with E-state index >= 15 is 0 Å². The number of esters is 1. The van der Waals surface area contributed by atoms with Crippen molar-refractivity contribution in [3.8, 4) is 0 Å². The van der Waals surface area contributed by atoms with Crippen molar-refractivity contribution in [1.82, 2.24) is 25.3 Å². The number of hydrazine groups is 1. The molecule has 110 valence electrons. The minimum atomic E-state index is -0.248. The number of carbonyl (C=O) groups excluding carboxylic acids is 1. The van der Waals surface area contributed by atoms with E-state index in [4.69, 9.17) is 4.74 Å². The van der Waals surface area contributed by atoms with Gasteiger partial charge in [0.15, 0.2) is 0 Å². The predicted octanol–water partition coefficient (Wildman–Crippen LogP) is -0.646. The van der Waals surface area contributed by atoms with E-state index in [2.05, 4.69) is 25.3 Å². The summed E-state index contributed by atoms with van der Waals surface area (Å²) in [5.74, 6) is 0.0769. The highest BCUT2D eigenvalue weighted by Gasteiger charge is 2.35. The van der Waals surface area contributed by atoms with Gasteiger partial charge >= 0.3 is 5.97 Å². The number of nitrogens with one attached hydrogen (secondary N) is 2. The van der Waals surface area contributed by atoms with Crippen LogP contribution >= 0.6 is 0 Å². The van der Waals surface area contributed by atoms with Crippen molar-refractivity contribution in [3.05, 3.63) is 18.2 Å². The molecule has 2 aliphatic rings. The smallest absolute Gasteiger partial charge is 0.324 e. The van der Waals surface area contributed by atoms with Gasteiger partial charge in [-0.1, -0.05) is 0 Å². The molecular formula is C13H21N5O2. The largest absolute Gasteiger partial charge is 0.465 e. The molecule has 3 rings (SSSR count). The molecule has 0 radical (unpaired) electrons. The number of rotatable bonds is 4. The number of imidazole rings is 1. The Morgan fingerprint density at radius 1 is 1.55 bits per heavy atom. The number of ether oxygens (including phenoxy) is 1. The van der Waals surface area contributed by atoms with Gasteiger partial charge in [-0.25, -0.2) is 10.4 Å². The van der Waals surface area contributed by atoms with Crippen LogP contribution in [0.1, 0.15) is 12.6 Å². The van der Waals surface area contributed by atoms with Gasteiger partial charge in [-0.05, 0) is 6.92 Å². The zero-order valence-electron chi connectivity index (χ0n) is 11.7. The predicted molar refractivity (Wildman–Crippen MR) is 72.6 cm³/mol. The Morgan fingerprint density at radius 2 is 2.45 bits per heavy atom. The molecule has 0 aromatic carbocycles. The van der Waals surface area contributed by atoms with Crippen molar-refractivity contribution in [1.29, 1.82) is 0 Å². The first kappa shape index (κ1) is 13.5. The molecule has 2 unspecified atom stereocenters. The summed E-state index contributed by atoms with van der Waals surface area (Å²) < 4.78 is 7.30. The lowest BCUT2D eigenvalue weighted by Crippen LogP contribution is -2.44. The Morgan fingerprint density at radius 3 is 3.30 bits per heavy atom. The molecule has 0 bridgehead atoms. The Kier molecular flexibility index (Phi) is 4.00. The number of carbonyl (C=O) groups is 1. The zero-order chi connectivity index (χ0) is 13.9. The highest BCUT2D eigenvalue weighted by atomic mass is 16.5. The molecule has 3 heterocycles. The highest BCUT2D eigenvalue weighted by Crippen LogP contribution is 2.17. The molecule has 0 saturated carbocycles. The van der Waals surface area contributed by atoms with Crippen molar-refractivity contribution in [2.24, 2.45) is 5.92 Å². The van der Waals surface area contributed by atoms with Crippen molar-refractivity contribution < 1.29 is 9.53 Å². The van der Waals surface area contributed by atoms with Crippen molar-refractivity contribution in [2.45, 2.75) is 26.1 Å². The fourth-order valence-corrected chi connectivity index (χ4v) is 2.91. The van der Waals surface area contributed by atoms with Gasteiger partial charge in [-0.15, -0.1) is 0 Å². The molecule has 2 aliphatic heterocycles. The topological polar surface area (TPSA) is 71.4 Å². The molecular weight excluding hydrogens is 258 g/mol. The van der Waals surface area contributed by atoms with Crippen molar-refractivity contribution in [2.75, 3.05) is 26.2 Å². The number of fused-ring (bicyclic) bond motifs is 1. The van der Waals surface area contributed by atoms with E-state index in [0.717, 1.165) is 32.7 Å². The average molecular weight is 279 g/mol. The minimum Gasteiger partial charge on any atom is -0.465 e. The summed E-state index contributed by atoms with van der Waals surface area (Å²) in [6.45, 7) is 6.79. The van der Waals surface area contributed by atoms with Crippen LogP contribution < -0.4 is 10.9 Å². The van der Waals surface area contributed by atoms with Crippen LogP contribution in [0.5, 0.6) is 0 Å². The molecule has 20 heavy (non-hydrogen) atoms. The molecule has 7 nitrogen and oxygen atoms in total. The second kappa shape index (κ2) is 5.90. The van der Waals surface area contributed by atoms with Crippen LogP contribution in [-0.2, 0) is 22.6 Å². The Bertz CT molecular complexity index is 475. The van der Waals surface area contributed by atoms with Gasteiger partial charge in [0.1, 0.15) is 6.04 Å². The van der Waals surface area contributed by atoms with Crippen molar-refractivity contribution in [3.63, 3.8) is 0 Å². The number of hydrogen-bond donors (Lipinski definition) is 2. The summed E-state index contributed by atoms with van der Waals surface area (Å²) in [6, 6.07) is -0.248. The maximum Gasteiger partial charge on any atom is 0.324 e. The molecule has 1 aromatic rings. The summed E-state index contributed by atoms with van der Waals surface area (Å²) in [4.78, 5) is 18.4. The van der Waals surface area contributed by atoms with Crippen LogP contribution in [0.4, 0.5) is 0 Å². The van der Waals surface area contributed by atoms with Crippen LogP contribution in [0.15, 0.2) is 12.5 Å². The van der Waals surface area contributed by atoms with Gasteiger partial charge in [0.25, 0.3) is 0 Å². The summed E-state index contributed by atoms with van der Waals surface area (Å²) in [6.07, 6.45) is 3.80. The van der Waals surface area contributed by atoms with Crippen molar-refractivity contribution >= 4 is 5.97 Å². The van der Waals surface area contributed by atoms with Gasteiger partial charge in [-0.3, -0.25) is 15.1 Å². The molecule has 1 fully saturated rings. The lowest BCUT2D eigenvalue weighted by Gasteiger charge is -2.30. The maximum atomic E-state index is 11.9. The molecule has 0 spiro atoms. The van der Waals surface area contributed by atoms with Gasteiger partial charge in [0.2, 0.25) is 0 Å². The molecule has 1 saturated heterocycles. The molecule has 0 aliphatic carbocycles. The number of hydrogen-bond acceptors (Lipinski definition) is 6. The first-order chi connectivity index (χ1) is 9.78. The minimum absolute atomic E-state index is 0.162. The van der Waals surface area contributed by atoms with E-state index in [-0.39, 0.29) is 17.9 Å². The fourth-order valence-electron chi connectivity index (χ4n) is 2.91. The van der Waals surface area contributed by atoms with E-state index in [1.165, 1.54) is 5.69 Å². The van der Waals surface area contributed by atoms with Gasteiger partial charge < -0.3 is 9.30 Å². The van der Waals surface area contributed by atoms with Crippen LogP contribution in [0, 0.1) is 5.92 Å². The van der Waals surface area contributed by atoms with Gasteiger partial charge in [-0.2, -0.15) is 0 Å². The second-order valence-corrected chi connectivity index (χ2v) is 5.33. The SMILES string of the molecule is CCOC(=O)C1NNCC1CN1CCn2cncc2C1. The lowest BCUT2D eigenvalue weighted by atomic mass is 10.0. The Balaban J connectivity index is 1.59. The summed E-state index contributed by atoms with van der Waals surface area (Å²) in [5.41, 5.74) is 7.34. The second-order valence-electron chi connectivity index (χ2n) is 5.33. The Hall–Kier alpha value is -1.44. The van der Waals surface area contributed by atoms with Crippen LogP contribution in [0.2, 0.25) is 0 Å². The first-order valence-corrected chi connectivity index (χ1v) is 7.14. The standard InChI is InChI=1S/C13H21N5O2/c1-2-20-13(19)12-10(5-15-16-12)7-17-3-4-18-9-14-6-11(18)8-17/h6,9-10,12,15-16H,2-5,7-8H2,1H3. The third-order valence-electron chi connectivity index (χ3n) is 3.97. The third-order valence-corrected chi connectivity index (χ3v) is 3.97. The van der Waals surface area contributed by atoms with E-state index in [1.807, 2.05) is 19.4 Å². The zero-order valence-corrected chi connectivity index (χ0v) is 11.7. The quantitative estimate of drug-likeness (QED) is 0.714. The lowest BCUT2D eigenvalue weighted by molar-refractivity contribution is -0.146.